The minimum absolute atomic E-state index is 0.492. The first-order valence-corrected chi connectivity index (χ1v) is 8.06. The van der Waals surface area contributed by atoms with Gasteiger partial charge in [0, 0.05) is 17.6 Å². The highest BCUT2D eigenvalue weighted by molar-refractivity contribution is 9.10. The van der Waals surface area contributed by atoms with E-state index >= 15 is 0 Å². The molecule has 0 atom stereocenters. The fourth-order valence-corrected chi connectivity index (χ4v) is 3.42. The molecule has 0 aliphatic heterocycles. The summed E-state index contributed by atoms with van der Waals surface area (Å²) in [5, 5.41) is 14.0. The average Bonchev–Trinajstić information content (AvgIpc) is 2.57. The highest BCUT2D eigenvalue weighted by Crippen LogP contribution is 2.26. The molecule has 0 heterocycles. The molecule has 2 rings (SSSR count). The minimum Gasteiger partial charge on any atom is -0.389 e. The van der Waals surface area contributed by atoms with Crippen molar-refractivity contribution in [2.45, 2.75) is 57.6 Å². The van der Waals surface area contributed by atoms with Crippen LogP contribution in [0.1, 0.15) is 49.7 Å². The van der Waals surface area contributed by atoms with Crippen molar-refractivity contribution in [1.82, 2.24) is 5.32 Å². The Balaban J connectivity index is 1.85. The largest absolute Gasteiger partial charge is 0.389 e. The number of nitrogens with one attached hydrogen (secondary N) is 1. The Kier molecular flexibility index (Phi) is 5.43. The van der Waals surface area contributed by atoms with Crippen LogP contribution in [0.15, 0.2) is 22.7 Å². The second-order valence-electron chi connectivity index (χ2n) is 5.84. The van der Waals surface area contributed by atoms with Crippen molar-refractivity contribution in [2.24, 2.45) is 0 Å². The molecule has 1 saturated carbocycles. The quantitative estimate of drug-likeness (QED) is 0.822. The zero-order valence-corrected chi connectivity index (χ0v) is 13.3. The third-order valence-corrected chi connectivity index (χ3v) is 4.75. The van der Waals surface area contributed by atoms with Gasteiger partial charge < -0.3 is 10.4 Å². The standard InChI is InChI=1S/C16H24BrNO/c1-13-6-7-14(15(17)10-13)11-18-12-16(19)8-4-2-3-5-9-16/h6-7,10,18-19H,2-5,8-9,11-12H2,1H3. The molecule has 1 aliphatic carbocycles. The molecule has 0 radical (unpaired) electrons. The molecule has 2 nitrogen and oxygen atoms in total. The predicted molar refractivity (Wildman–Crippen MR) is 83.2 cm³/mol. The van der Waals surface area contributed by atoms with Crippen molar-refractivity contribution in [1.29, 1.82) is 0 Å². The van der Waals surface area contributed by atoms with Gasteiger partial charge in [0.25, 0.3) is 0 Å². The van der Waals surface area contributed by atoms with Gasteiger partial charge in [0.15, 0.2) is 0 Å². The molecule has 1 aliphatic rings. The molecule has 1 aromatic rings. The lowest BCUT2D eigenvalue weighted by molar-refractivity contribution is 0.0250. The lowest BCUT2D eigenvalue weighted by atomic mass is 9.94. The van der Waals surface area contributed by atoms with Gasteiger partial charge in [0.1, 0.15) is 0 Å². The van der Waals surface area contributed by atoms with Crippen molar-refractivity contribution in [3.05, 3.63) is 33.8 Å². The number of benzene rings is 1. The summed E-state index contributed by atoms with van der Waals surface area (Å²) in [4.78, 5) is 0. The normalized spacial score (nSPS) is 19.1. The van der Waals surface area contributed by atoms with Gasteiger partial charge in [-0.25, -0.2) is 0 Å². The van der Waals surface area contributed by atoms with Gasteiger partial charge in [-0.2, -0.15) is 0 Å². The Labute approximate surface area is 124 Å². The SMILES string of the molecule is Cc1ccc(CNCC2(O)CCCCCC2)c(Br)c1. The van der Waals surface area contributed by atoms with Gasteiger partial charge in [-0.15, -0.1) is 0 Å². The summed E-state index contributed by atoms with van der Waals surface area (Å²) in [6, 6.07) is 6.41. The van der Waals surface area contributed by atoms with Crippen LogP contribution in [0, 0.1) is 6.92 Å². The molecular weight excluding hydrogens is 302 g/mol. The minimum atomic E-state index is -0.492. The summed E-state index contributed by atoms with van der Waals surface area (Å²) in [5.74, 6) is 0. The van der Waals surface area contributed by atoms with Gasteiger partial charge in [0.2, 0.25) is 0 Å². The van der Waals surface area contributed by atoms with E-state index < -0.39 is 5.60 Å². The second-order valence-corrected chi connectivity index (χ2v) is 6.69. The van der Waals surface area contributed by atoms with Crippen LogP contribution in [-0.4, -0.2) is 17.3 Å². The fourth-order valence-electron chi connectivity index (χ4n) is 2.79. The van der Waals surface area contributed by atoms with Gasteiger partial charge in [0.05, 0.1) is 5.60 Å². The maximum atomic E-state index is 10.6. The smallest absolute Gasteiger partial charge is 0.0771 e. The van der Waals surface area contributed by atoms with E-state index in [0.717, 1.165) is 36.7 Å². The number of hydrogen-bond acceptors (Lipinski definition) is 2. The van der Waals surface area contributed by atoms with Gasteiger partial charge in [-0.1, -0.05) is 53.7 Å². The molecular formula is C16H24BrNO. The van der Waals surface area contributed by atoms with Crippen molar-refractivity contribution in [2.75, 3.05) is 6.54 Å². The van der Waals surface area contributed by atoms with Gasteiger partial charge in [-0.05, 0) is 37.0 Å². The van der Waals surface area contributed by atoms with Gasteiger partial charge in [-0.3, -0.25) is 0 Å². The van der Waals surface area contributed by atoms with Crippen LogP contribution in [0.2, 0.25) is 0 Å². The van der Waals surface area contributed by atoms with Crippen molar-refractivity contribution < 1.29 is 5.11 Å². The molecule has 0 unspecified atom stereocenters. The summed E-state index contributed by atoms with van der Waals surface area (Å²) in [6.07, 6.45) is 6.74. The van der Waals surface area contributed by atoms with E-state index in [2.05, 4.69) is 46.4 Å². The summed E-state index contributed by atoms with van der Waals surface area (Å²) in [5.41, 5.74) is 2.02. The van der Waals surface area contributed by atoms with E-state index in [0.29, 0.717) is 6.54 Å². The van der Waals surface area contributed by atoms with E-state index in [9.17, 15) is 5.11 Å². The molecule has 0 bridgehead atoms. The highest BCUT2D eigenvalue weighted by Gasteiger charge is 2.27. The van der Waals surface area contributed by atoms with Crippen LogP contribution >= 0.6 is 15.9 Å². The number of halogens is 1. The number of hydrogen-bond donors (Lipinski definition) is 2. The average molecular weight is 326 g/mol. The first-order chi connectivity index (χ1) is 9.09. The number of aliphatic hydroxyl groups is 1. The molecule has 3 heteroatoms. The summed E-state index contributed by atoms with van der Waals surface area (Å²) < 4.78 is 1.15. The molecule has 1 aromatic carbocycles. The van der Waals surface area contributed by atoms with Crippen LogP contribution in [0.25, 0.3) is 0 Å². The Hall–Kier alpha value is -0.380. The van der Waals surface area contributed by atoms with Crippen LogP contribution < -0.4 is 5.32 Å². The van der Waals surface area contributed by atoms with E-state index in [4.69, 9.17) is 0 Å². The zero-order valence-electron chi connectivity index (χ0n) is 11.7. The van der Waals surface area contributed by atoms with E-state index in [1.807, 2.05) is 0 Å². The van der Waals surface area contributed by atoms with Crippen molar-refractivity contribution in [3.63, 3.8) is 0 Å². The van der Waals surface area contributed by atoms with Crippen LogP contribution in [0.3, 0.4) is 0 Å². The number of rotatable bonds is 4. The maximum absolute atomic E-state index is 10.6. The molecule has 0 aromatic heterocycles. The van der Waals surface area contributed by atoms with Crippen molar-refractivity contribution in [3.8, 4) is 0 Å². The first-order valence-electron chi connectivity index (χ1n) is 7.27. The highest BCUT2D eigenvalue weighted by atomic mass is 79.9. The summed E-state index contributed by atoms with van der Waals surface area (Å²) in [6.45, 7) is 3.60. The lowest BCUT2D eigenvalue weighted by Crippen LogP contribution is -2.39. The third-order valence-electron chi connectivity index (χ3n) is 4.01. The Morgan fingerprint density at radius 2 is 1.89 bits per heavy atom. The van der Waals surface area contributed by atoms with E-state index in [-0.39, 0.29) is 0 Å². The second kappa shape index (κ2) is 6.87. The Morgan fingerprint density at radius 1 is 1.21 bits per heavy atom. The summed E-state index contributed by atoms with van der Waals surface area (Å²) in [7, 11) is 0. The Bertz CT molecular complexity index is 411. The summed E-state index contributed by atoms with van der Waals surface area (Å²) >= 11 is 3.60. The van der Waals surface area contributed by atoms with Crippen LogP contribution in [-0.2, 0) is 6.54 Å². The molecule has 0 amide bonds. The molecule has 19 heavy (non-hydrogen) atoms. The molecule has 0 saturated heterocycles. The molecule has 2 N–H and O–H groups in total. The molecule has 1 fully saturated rings. The molecule has 106 valence electrons. The third kappa shape index (κ3) is 4.59. The zero-order chi connectivity index (χ0) is 13.7. The fraction of sp³-hybridized carbons (Fsp3) is 0.625. The molecule has 0 spiro atoms. The predicted octanol–water partition coefficient (Wildman–Crippen LogP) is 3.93. The maximum Gasteiger partial charge on any atom is 0.0771 e. The lowest BCUT2D eigenvalue weighted by Gasteiger charge is -2.27. The van der Waals surface area contributed by atoms with Crippen molar-refractivity contribution >= 4 is 15.9 Å². The van der Waals surface area contributed by atoms with Crippen LogP contribution in [0.5, 0.6) is 0 Å². The Morgan fingerprint density at radius 3 is 2.53 bits per heavy atom. The van der Waals surface area contributed by atoms with E-state index in [1.165, 1.54) is 24.0 Å². The topological polar surface area (TPSA) is 32.3 Å². The van der Waals surface area contributed by atoms with Crippen LogP contribution in [0.4, 0.5) is 0 Å². The first kappa shape index (κ1) is 15.0. The van der Waals surface area contributed by atoms with E-state index in [1.54, 1.807) is 0 Å². The monoisotopic (exact) mass is 325 g/mol. The number of aryl methyl sites for hydroxylation is 1. The van der Waals surface area contributed by atoms with Gasteiger partial charge >= 0.3 is 0 Å².